The predicted molar refractivity (Wildman–Crippen MR) is 64.4 cm³/mol. The fourth-order valence-corrected chi connectivity index (χ4v) is 2.45. The van der Waals surface area contributed by atoms with Crippen LogP contribution >= 0.6 is 0 Å². The van der Waals surface area contributed by atoms with Gasteiger partial charge in [0.25, 0.3) is 0 Å². The Kier molecular flexibility index (Phi) is 3.33. The molecule has 1 aromatic heterocycles. The molecule has 4 N–H and O–H groups in total. The first kappa shape index (κ1) is 11.3. The summed E-state index contributed by atoms with van der Waals surface area (Å²) in [4.78, 5) is 9.69. The Hall–Kier alpha value is -1.23. The van der Waals surface area contributed by atoms with E-state index in [0.717, 1.165) is 31.0 Å². The van der Waals surface area contributed by atoms with E-state index in [-0.39, 0.29) is 6.61 Å². The number of piperidine rings is 1. The van der Waals surface area contributed by atoms with Crippen molar-refractivity contribution in [2.75, 3.05) is 23.8 Å². The average molecular weight is 224 g/mol. The van der Waals surface area contributed by atoms with Gasteiger partial charge in [-0.15, -0.1) is 0 Å². The van der Waals surface area contributed by atoms with E-state index in [1.165, 1.54) is 12.8 Å². The van der Waals surface area contributed by atoms with Crippen molar-refractivity contribution in [3.05, 3.63) is 5.82 Å². The zero-order valence-corrected chi connectivity index (χ0v) is 9.74. The van der Waals surface area contributed by atoms with Gasteiger partial charge >= 0.3 is 0 Å². The molecule has 1 aliphatic rings. The normalized spacial score (nSPS) is 21.4. The van der Waals surface area contributed by atoms with Crippen molar-refractivity contribution in [2.24, 2.45) is 0 Å². The molecule has 0 aliphatic carbocycles. The van der Waals surface area contributed by atoms with Gasteiger partial charge < -0.3 is 20.7 Å². The summed E-state index contributed by atoms with van der Waals surface area (Å²) in [6, 6.07) is 0.378. The van der Waals surface area contributed by atoms with Gasteiger partial charge in [-0.25, -0.2) is 4.98 Å². The van der Waals surface area contributed by atoms with Crippen LogP contribution in [0.4, 0.5) is 11.6 Å². The third kappa shape index (κ3) is 2.14. The lowest BCUT2D eigenvalue weighted by atomic mass is 10.00. The van der Waals surface area contributed by atoms with Crippen LogP contribution in [0, 0.1) is 6.92 Å². The van der Waals surface area contributed by atoms with Crippen molar-refractivity contribution in [1.29, 1.82) is 0 Å². The lowest BCUT2D eigenvalue weighted by molar-refractivity contribution is 0.262. The van der Waals surface area contributed by atoms with E-state index in [2.05, 4.69) is 14.9 Å². The molecule has 5 heteroatoms. The highest BCUT2D eigenvalue weighted by Gasteiger charge is 2.25. The molecule has 2 heterocycles. The number of H-pyrrole nitrogens is 1. The van der Waals surface area contributed by atoms with Crippen molar-refractivity contribution in [2.45, 2.75) is 38.6 Å². The van der Waals surface area contributed by atoms with Crippen molar-refractivity contribution in [3.8, 4) is 0 Å². The number of nitrogens with zero attached hydrogens (tertiary/aromatic N) is 2. The molecular weight excluding hydrogens is 204 g/mol. The van der Waals surface area contributed by atoms with Crippen LogP contribution < -0.4 is 10.6 Å². The maximum absolute atomic E-state index is 9.07. The standard InChI is InChI=1S/C11H20N4O/c1-8-13-10(12)11(14-8)15-6-3-2-4-9(15)5-7-16/h9,16H,2-7,12H2,1H3,(H,13,14). The SMILES string of the molecule is Cc1nc(N2CCCCC2CCO)c(N)[nH]1. The topological polar surface area (TPSA) is 78.2 Å². The summed E-state index contributed by atoms with van der Waals surface area (Å²) in [6.45, 7) is 3.12. The molecular formula is C11H20N4O. The first-order valence-corrected chi connectivity index (χ1v) is 5.92. The van der Waals surface area contributed by atoms with Gasteiger partial charge in [0.1, 0.15) is 11.6 Å². The predicted octanol–water partition coefficient (Wildman–Crippen LogP) is 1.04. The number of aliphatic hydroxyl groups is 1. The number of imidazole rings is 1. The van der Waals surface area contributed by atoms with Gasteiger partial charge in [-0.05, 0) is 32.6 Å². The molecule has 1 aliphatic heterocycles. The van der Waals surface area contributed by atoms with Crippen molar-refractivity contribution >= 4 is 11.6 Å². The highest BCUT2D eigenvalue weighted by Crippen LogP contribution is 2.28. The smallest absolute Gasteiger partial charge is 0.171 e. The molecule has 0 amide bonds. The van der Waals surface area contributed by atoms with Crippen molar-refractivity contribution < 1.29 is 5.11 Å². The highest BCUT2D eigenvalue weighted by molar-refractivity contribution is 5.59. The second-order valence-electron chi connectivity index (χ2n) is 4.41. The second kappa shape index (κ2) is 4.74. The molecule has 2 rings (SSSR count). The minimum absolute atomic E-state index is 0.227. The van der Waals surface area contributed by atoms with Crippen LogP contribution in [-0.2, 0) is 0 Å². The van der Waals surface area contributed by atoms with E-state index in [0.29, 0.717) is 11.9 Å². The average Bonchev–Trinajstić information content (AvgIpc) is 2.59. The lowest BCUT2D eigenvalue weighted by Crippen LogP contribution is -2.40. The first-order chi connectivity index (χ1) is 7.72. The van der Waals surface area contributed by atoms with Crippen molar-refractivity contribution in [1.82, 2.24) is 9.97 Å². The molecule has 90 valence electrons. The summed E-state index contributed by atoms with van der Waals surface area (Å²) in [6.07, 6.45) is 4.31. The minimum Gasteiger partial charge on any atom is -0.396 e. The fraction of sp³-hybridized carbons (Fsp3) is 0.727. The number of nitrogen functional groups attached to an aromatic ring is 1. The second-order valence-corrected chi connectivity index (χ2v) is 4.41. The third-order valence-electron chi connectivity index (χ3n) is 3.19. The summed E-state index contributed by atoms with van der Waals surface area (Å²) in [5.74, 6) is 2.35. The Labute approximate surface area is 95.7 Å². The third-order valence-corrected chi connectivity index (χ3v) is 3.19. The quantitative estimate of drug-likeness (QED) is 0.717. The number of hydrogen-bond donors (Lipinski definition) is 3. The van der Waals surface area contributed by atoms with Crippen LogP contribution in [-0.4, -0.2) is 34.3 Å². The molecule has 5 nitrogen and oxygen atoms in total. The van der Waals surface area contributed by atoms with E-state index < -0.39 is 0 Å². The lowest BCUT2D eigenvalue weighted by Gasteiger charge is -2.36. The number of aliphatic hydroxyl groups excluding tert-OH is 1. The van der Waals surface area contributed by atoms with Gasteiger partial charge in [0.15, 0.2) is 5.82 Å². The molecule has 1 unspecified atom stereocenters. The van der Waals surface area contributed by atoms with E-state index in [9.17, 15) is 0 Å². The van der Waals surface area contributed by atoms with Crippen LogP contribution in [0.3, 0.4) is 0 Å². The molecule has 1 aromatic rings. The van der Waals surface area contributed by atoms with Gasteiger partial charge in [0.2, 0.25) is 0 Å². The van der Waals surface area contributed by atoms with E-state index in [1.54, 1.807) is 0 Å². The van der Waals surface area contributed by atoms with E-state index >= 15 is 0 Å². The molecule has 0 saturated carbocycles. The number of hydrogen-bond acceptors (Lipinski definition) is 4. The van der Waals surface area contributed by atoms with Gasteiger partial charge in [-0.1, -0.05) is 0 Å². The van der Waals surface area contributed by atoms with Gasteiger partial charge in [0.05, 0.1) is 0 Å². The maximum Gasteiger partial charge on any atom is 0.171 e. The van der Waals surface area contributed by atoms with Gasteiger partial charge in [0, 0.05) is 19.2 Å². The molecule has 0 bridgehead atoms. The Morgan fingerprint density at radius 3 is 3.00 bits per heavy atom. The van der Waals surface area contributed by atoms with Crippen LogP contribution in [0.25, 0.3) is 0 Å². The minimum atomic E-state index is 0.227. The Bertz CT molecular complexity index is 348. The summed E-state index contributed by atoms with van der Waals surface area (Å²) < 4.78 is 0. The largest absolute Gasteiger partial charge is 0.396 e. The van der Waals surface area contributed by atoms with Crippen molar-refractivity contribution in [3.63, 3.8) is 0 Å². The van der Waals surface area contributed by atoms with Gasteiger partial charge in [-0.2, -0.15) is 0 Å². The van der Waals surface area contributed by atoms with E-state index in [1.807, 2.05) is 6.92 Å². The number of nitrogens with one attached hydrogen (secondary N) is 1. The fourth-order valence-electron chi connectivity index (χ4n) is 2.45. The van der Waals surface area contributed by atoms with Crippen LogP contribution in [0.5, 0.6) is 0 Å². The molecule has 1 fully saturated rings. The number of aromatic amines is 1. The van der Waals surface area contributed by atoms with Crippen LogP contribution in [0.1, 0.15) is 31.5 Å². The summed E-state index contributed by atoms with van der Waals surface area (Å²) in [7, 11) is 0. The molecule has 1 saturated heterocycles. The van der Waals surface area contributed by atoms with E-state index in [4.69, 9.17) is 10.8 Å². The molecule has 0 radical (unpaired) electrons. The number of rotatable bonds is 3. The zero-order chi connectivity index (χ0) is 11.5. The summed E-state index contributed by atoms with van der Waals surface area (Å²) in [5, 5.41) is 9.07. The molecule has 0 spiro atoms. The Morgan fingerprint density at radius 1 is 1.56 bits per heavy atom. The van der Waals surface area contributed by atoms with Gasteiger partial charge in [-0.3, -0.25) is 0 Å². The van der Waals surface area contributed by atoms with Crippen LogP contribution in [0.2, 0.25) is 0 Å². The Morgan fingerprint density at radius 2 is 2.38 bits per heavy atom. The zero-order valence-electron chi connectivity index (χ0n) is 9.74. The van der Waals surface area contributed by atoms with Crippen LogP contribution in [0.15, 0.2) is 0 Å². The number of nitrogens with two attached hydrogens (primary N) is 1. The maximum atomic E-state index is 9.07. The number of aromatic nitrogens is 2. The number of anilines is 2. The summed E-state index contributed by atoms with van der Waals surface area (Å²) >= 11 is 0. The number of aryl methyl sites for hydroxylation is 1. The summed E-state index contributed by atoms with van der Waals surface area (Å²) in [5.41, 5.74) is 5.91. The Balaban J connectivity index is 2.19. The molecule has 16 heavy (non-hydrogen) atoms. The molecule has 1 atom stereocenters. The first-order valence-electron chi connectivity index (χ1n) is 5.92. The highest BCUT2D eigenvalue weighted by atomic mass is 16.3. The monoisotopic (exact) mass is 224 g/mol. The molecule has 0 aromatic carbocycles.